The monoisotopic (exact) mass is 433 g/mol. The summed E-state index contributed by atoms with van der Waals surface area (Å²) in [7, 11) is 1.54. The zero-order chi connectivity index (χ0) is 22.7. The summed E-state index contributed by atoms with van der Waals surface area (Å²) in [6.07, 6.45) is 2.07. The lowest BCUT2D eigenvalue weighted by Crippen LogP contribution is -2.22. The number of phenolic OH excluding ortho intramolecular Hbond substituents is 1. The van der Waals surface area contributed by atoms with Gasteiger partial charge < -0.3 is 19.6 Å². The molecule has 0 radical (unpaired) electrons. The molecule has 4 rings (SSSR count). The number of hydrogen-bond acceptors (Lipinski definition) is 6. The number of hydrogen-bond donors (Lipinski definition) is 3. The summed E-state index contributed by atoms with van der Waals surface area (Å²) in [5.41, 5.74) is 5.20. The van der Waals surface area contributed by atoms with Crippen molar-refractivity contribution in [1.29, 1.82) is 0 Å². The first-order valence-electron chi connectivity index (χ1n) is 10.2. The largest absolute Gasteiger partial charge is 0.507 e. The Balaban J connectivity index is 1.59. The number of benzene rings is 2. The number of carbonyl (C=O) groups is 2. The van der Waals surface area contributed by atoms with E-state index in [1.165, 1.54) is 19.2 Å². The lowest BCUT2D eigenvalue weighted by Gasteiger charge is -2.13. The van der Waals surface area contributed by atoms with Gasteiger partial charge >= 0.3 is 0 Å². The molecule has 2 amide bonds. The Hall–Kier alpha value is -4.07. The van der Waals surface area contributed by atoms with Crippen LogP contribution in [0.4, 0.5) is 5.69 Å². The molecule has 1 aliphatic carbocycles. The fraction of sp³-hybridized carbons (Fsp3) is 0.208. The van der Waals surface area contributed by atoms with Crippen molar-refractivity contribution in [3.63, 3.8) is 0 Å². The fourth-order valence-electron chi connectivity index (χ4n) is 3.77. The summed E-state index contributed by atoms with van der Waals surface area (Å²) in [6.45, 7) is 1.80. The lowest BCUT2D eigenvalue weighted by molar-refractivity contribution is 0.0950. The molecule has 0 bridgehead atoms. The van der Waals surface area contributed by atoms with Crippen molar-refractivity contribution in [2.24, 2.45) is 5.10 Å². The summed E-state index contributed by atoms with van der Waals surface area (Å²) in [5, 5.41) is 17.0. The number of ether oxygens (including phenoxy) is 1. The molecule has 1 heterocycles. The minimum absolute atomic E-state index is 0.121. The van der Waals surface area contributed by atoms with E-state index in [1.54, 1.807) is 37.3 Å². The van der Waals surface area contributed by atoms with Crippen LogP contribution >= 0.6 is 0 Å². The standard InChI is InChI=1S/C24H23N3O5/c1-14-21-17(26-27-23(29)15-8-3-5-11-18(15)28)10-7-13-20(21)32-22(14)24(30)25-16-9-4-6-12-19(16)31-2/h3-6,8-9,11-12,28H,7,10,13H2,1-2H3,(H,25,30)(H,27,29)/b26-17+. The molecule has 0 aliphatic heterocycles. The smallest absolute Gasteiger partial charge is 0.291 e. The molecule has 8 heteroatoms. The summed E-state index contributed by atoms with van der Waals surface area (Å²) < 4.78 is 11.2. The number of anilines is 1. The molecular weight excluding hydrogens is 410 g/mol. The van der Waals surface area contributed by atoms with Crippen LogP contribution in [0.3, 0.4) is 0 Å². The highest BCUT2D eigenvalue weighted by Gasteiger charge is 2.28. The van der Waals surface area contributed by atoms with Crippen molar-refractivity contribution in [2.45, 2.75) is 26.2 Å². The number of hydrazone groups is 1. The summed E-state index contributed by atoms with van der Waals surface area (Å²) >= 11 is 0. The number of aromatic hydroxyl groups is 1. The zero-order valence-electron chi connectivity index (χ0n) is 17.8. The second-order valence-corrected chi connectivity index (χ2v) is 7.38. The van der Waals surface area contributed by atoms with Gasteiger partial charge in [-0.1, -0.05) is 24.3 Å². The number of aryl methyl sites for hydroxylation is 1. The first-order valence-corrected chi connectivity index (χ1v) is 10.2. The van der Waals surface area contributed by atoms with Gasteiger partial charge in [0.25, 0.3) is 11.8 Å². The summed E-state index contributed by atoms with van der Waals surface area (Å²) in [4.78, 5) is 25.3. The molecule has 1 aliphatic rings. The number of furan rings is 1. The van der Waals surface area contributed by atoms with Crippen LogP contribution in [0.5, 0.6) is 11.5 Å². The predicted molar refractivity (Wildman–Crippen MR) is 119 cm³/mol. The minimum Gasteiger partial charge on any atom is -0.507 e. The van der Waals surface area contributed by atoms with Gasteiger partial charge in [-0.05, 0) is 44.0 Å². The molecule has 0 atom stereocenters. The highest BCUT2D eigenvalue weighted by Crippen LogP contribution is 2.31. The summed E-state index contributed by atoms with van der Waals surface area (Å²) in [6, 6.07) is 13.4. The van der Waals surface area contributed by atoms with E-state index in [0.29, 0.717) is 41.3 Å². The first kappa shape index (κ1) is 21.2. The van der Waals surface area contributed by atoms with E-state index in [2.05, 4.69) is 15.8 Å². The molecule has 0 saturated heterocycles. The van der Waals surface area contributed by atoms with Crippen LogP contribution in [0.15, 0.2) is 58.0 Å². The van der Waals surface area contributed by atoms with E-state index in [1.807, 2.05) is 6.07 Å². The Bertz CT molecular complexity index is 1210. The van der Waals surface area contributed by atoms with Gasteiger partial charge in [0.05, 0.1) is 24.1 Å². The molecule has 8 nitrogen and oxygen atoms in total. The van der Waals surface area contributed by atoms with Crippen molar-refractivity contribution in [3.05, 3.63) is 76.7 Å². The number of carbonyl (C=O) groups excluding carboxylic acids is 2. The number of amides is 2. The van der Waals surface area contributed by atoms with E-state index in [0.717, 1.165) is 12.0 Å². The number of para-hydroxylation sites is 3. The molecule has 32 heavy (non-hydrogen) atoms. The second-order valence-electron chi connectivity index (χ2n) is 7.38. The van der Waals surface area contributed by atoms with E-state index in [4.69, 9.17) is 9.15 Å². The molecule has 1 aromatic heterocycles. The number of fused-ring (bicyclic) bond motifs is 1. The third-order valence-electron chi connectivity index (χ3n) is 5.33. The number of nitrogens with one attached hydrogen (secondary N) is 2. The molecule has 3 aromatic rings. The van der Waals surface area contributed by atoms with Gasteiger partial charge in [0, 0.05) is 17.5 Å². The fourth-order valence-corrected chi connectivity index (χ4v) is 3.77. The van der Waals surface area contributed by atoms with Crippen LogP contribution in [0.25, 0.3) is 0 Å². The quantitative estimate of drug-likeness (QED) is 0.526. The highest BCUT2D eigenvalue weighted by atomic mass is 16.5. The zero-order valence-corrected chi connectivity index (χ0v) is 17.8. The van der Waals surface area contributed by atoms with Crippen LogP contribution in [-0.4, -0.2) is 29.7 Å². The van der Waals surface area contributed by atoms with Crippen molar-refractivity contribution >= 4 is 23.2 Å². The SMILES string of the molecule is COc1ccccc1NC(=O)c1oc2c(c1C)/C(=N/NC(=O)c1ccccc1O)CCC2. The lowest BCUT2D eigenvalue weighted by atomic mass is 9.93. The van der Waals surface area contributed by atoms with Gasteiger partial charge in [0.15, 0.2) is 5.76 Å². The molecule has 0 fully saturated rings. The van der Waals surface area contributed by atoms with E-state index in [-0.39, 0.29) is 23.0 Å². The van der Waals surface area contributed by atoms with Crippen molar-refractivity contribution < 1.29 is 23.8 Å². The van der Waals surface area contributed by atoms with Gasteiger partial charge in [-0.2, -0.15) is 5.10 Å². The van der Waals surface area contributed by atoms with E-state index in [9.17, 15) is 14.7 Å². The van der Waals surface area contributed by atoms with Crippen LogP contribution in [0, 0.1) is 6.92 Å². The average molecular weight is 433 g/mol. The number of nitrogens with zero attached hydrogens (tertiary/aromatic N) is 1. The topological polar surface area (TPSA) is 113 Å². The maximum atomic E-state index is 12.9. The molecule has 0 unspecified atom stereocenters. The van der Waals surface area contributed by atoms with E-state index >= 15 is 0 Å². The van der Waals surface area contributed by atoms with Gasteiger partial charge in [0.2, 0.25) is 0 Å². The van der Waals surface area contributed by atoms with Crippen molar-refractivity contribution in [1.82, 2.24) is 5.43 Å². The number of rotatable bonds is 5. The minimum atomic E-state index is -0.516. The number of phenols is 1. The third-order valence-corrected chi connectivity index (χ3v) is 5.33. The summed E-state index contributed by atoms with van der Waals surface area (Å²) in [5.74, 6) is 0.377. The molecule has 164 valence electrons. The predicted octanol–water partition coefficient (Wildman–Crippen LogP) is 4.02. The van der Waals surface area contributed by atoms with Crippen molar-refractivity contribution in [3.8, 4) is 11.5 Å². The van der Waals surface area contributed by atoms with Crippen LogP contribution in [0.1, 0.15) is 50.6 Å². The Labute approximate surface area is 184 Å². The molecule has 3 N–H and O–H groups in total. The Morgan fingerprint density at radius 1 is 1.06 bits per heavy atom. The Morgan fingerprint density at radius 2 is 1.81 bits per heavy atom. The number of methoxy groups -OCH3 is 1. The molecule has 2 aromatic carbocycles. The van der Waals surface area contributed by atoms with E-state index < -0.39 is 5.91 Å². The van der Waals surface area contributed by atoms with Crippen LogP contribution < -0.4 is 15.5 Å². The second kappa shape index (κ2) is 8.97. The molecular formula is C24H23N3O5. The Morgan fingerprint density at radius 3 is 2.59 bits per heavy atom. The van der Waals surface area contributed by atoms with Gasteiger partial charge in [-0.3, -0.25) is 9.59 Å². The maximum absolute atomic E-state index is 12.9. The van der Waals surface area contributed by atoms with Gasteiger partial charge in [-0.25, -0.2) is 5.43 Å². The third kappa shape index (κ3) is 4.07. The highest BCUT2D eigenvalue weighted by molar-refractivity contribution is 6.10. The van der Waals surface area contributed by atoms with Gasteiger partial charge in [0.1, 0.15) is 17.3 Å². The normalized spacial score (nSPS) is 14.0. The van der Waals surface area contributed by atoms with Crippen LogP contribution in [-0.2, 0) is 6.42 Å². The first-order chi connectivity index (χ1) is 15.5. The van der Waals surface area contributed by atoms with Gasteiger partial charge in [-0.15, -0.1) is 0 Å². The van der Waals surface area contributed by atoms with Crippen LogP contribution in [0.2, 0.25) is 0 Å². The Kier molecular flexibility index (Phi) is 5.93. The average Bonchev–Trinajstić information content (AvgIpc) is 3.15. The molecule has 0 spiro atoms. The molecule has 0 saturated carbocycles. The maximum Gasteiger partial charge on any atom is 0.291 e. The van der Waals surface area contributed by atoms with Crippen molar-refractivity contribution in [2.75, 3.05) is 12.4 Å².